The first-order valence-corrected chi connectivity index (χ1v) is 8.77. The number of aliphatic imine (C=N–C) groups is 1. The van der Waals surface area contributed by atoms with Crippen LogP contribution in [0.3, 0.4) is 0 Å². The van der Waals surface area contributed by atoms with E-state index < -0.39 is 11.7 Å². The normalized spacial score (nSPS) is 15.0. The van der Waals surface area contributed by atoms with Gasteiger partial charge in [0.15, 0.2) is 5.82 Å². The van der Waals surface area contributed by atoms with Crippen LogP contribution in [0.2, 0.25) is 0 Å². The Morgan fingerprint density at radius 3 is 2.86 bits per heavy atom. The molecule has 0 bridgehead atoms. The summed E-state index contributed by atoms with van der Waals surface area (Å²) in [5.41, 5.74) is 2.60. The van der Waals surface area contributed by atoms with Crippen molar-refractivity contribution in [2.24, 2.45) is 4.99 Å². The van der Waals surface area contributed by atoms with Gasteiger partial charge in [-0.3, -0.25) is 9.78 Å². The second kappa shape index (κ2) is 10.8. The maximum absolute atomic E-state index is 14.9. The average molecular weight is 418 g/mol. The van der Waals surface area contributed by atoms with Crippen molar-refractivity contribution in [3.63, 3.8) is 0 Å². The molecule has 0 spiro atoms. The first-order valence-electron chi connectivity index (χ1n) is 8.77. The minimum atomic E-state index is -0.494. The van der Waals surface area contributed by atoms with Crippen molar-refractivity contribution in [3.8, 4) is 0 Å². The molecule has 2 N–H and O–H groups in total. The number of anilines is 1. The molecule has 144 valence electrons. The molecule has 1 aliphatic rings. The molecule has 6 nitrogen and oxygen atoms in total. The number of benzene rings is 1. The van der Waals surface area contributed by atoms with Gasteiger partial charge in [-0.05, 0) is 31.5 Å². The van der Waals surface area contributed by atoms with Crippen molar-refractivity contribution in [3.05, 3.63) is 78.1 Å². The van der Waals surface area contributed by atoms with Crippen molar-refractivity contribution < 1.29 is 65.1 Å². The maximum atomic E-state index is 14.9. The van der Waals surface area contributed by atoms with Crippen LogP contribution in [0.4, 0.5) is 10.1 Å². The molecule has 0 aliphatic carbocycles. The van der Waals surface area contributed by atoms with Crippen LogP contribution in [0.15, 0.2) is 47.9 Å². The first kappa shape index (κ1) is 23.4. The van der Waals surface area contributed by atoms with Crippen LogP contribution in [0.25, 0.3) is 0 Å². The van der Waals surface area contributed by atoms with Gasteiger partial charge in [0.2, 0.25) is 0 Å². The van der Waals surface area contributed by atoms with Gasteiger partial charge >= 0.3 is 51.4 Å². The number of rotatable bonds is 6. The Hall–Kier alpha value is -1.84. The number of nitrogens with one attached hydrogen (secondary N) is 2. The number of carbonyl (C=O) groups excluding carboxylic acids is 1. The van der Waals surface area contributed by atoms with E-state index in [0.717, 1.165) is 11.3 Å². The summed E-state index contributed by atoms with van der Waals surface area (Å²) >= 11 is 0. The molecule has 0 radical (unpaired) electrons. The Morgan fingerprint density at radius 2 is 2.17 bits per heavy atom. The van der Waals surface area contributed by atoms with Crippen LogP contribution >= 0.6 is 0 Å². The van der Waals surface area contributed by atoms with Crippen LogP contribution in [-0.2, 0) is 0 Å². The van der Waals surface area contributed by atoms with Crippen LogP contribution in [0.5, 0.6) is 0 Å². The van der Waals surface area contributed by atoms with Crippen LogP contribution in [-0.4, -0.2) is 34.4 Å². The van der Waals surface area contributed by atoms with Crippen molar-refractivity contribution in [2.45, 2.75) is 19.9 Å². The Labute approximate surface area is 212 Å². The van der Waals surface area contributed by atoms with Gasteiger partial charge in [-0.15, -0.1) is 6.20 Å². The summed E-state index contributed by atoms with van der Waals surface area (Å²) in [5, 5.41) is 5.56. The molecule has 1 aliphatic heterocycles. The Bertz CT molecular complexity index is 987. The number of carbonyl (C=O) groups is 1. The van der Waals surface area contributed by atoms with E-state index in [1.54, 1.807) is 31.3 Å². The number of nitrogens with zero attached hydrogens (tertiary/aromatic N) is 3. The summed E-state index contributed by atoms with van der Waals surface area (Å²) in [7, 11) is 1.91. The summed E-state index contributed by atoms with van der Waals surface area (Å²) in [6, 6.07) is 6.22. The summed E-state index contributed by atoms with van der Waals surface area (Å²) in [4.78, 5) is 20.5. The second-order valence-corrected chi connectivity index (χ2v) is 6.53. The molecule has 8 heteroatoms. The number of aryl methyl sites for hydroxylation is 1. The fourth-order valence-electron chi connectivity index (χ4n) is 2.67. The number of pyridine rings is 1. The predicted molar refractivity (Wildman–Crippen MR) is 107 cm³/mol. The quantitative estimate of drug-likeness (QED) is 0.302. The average Bonchev–Trinajstić information content (AvgIpc) is 2.65. The number of hydrogen-bond donors (Lipinski definition) is 2. The molecule has 29 heavy (non-hydrogen) atoms. The molecule has 0 saturated heterocycles. The van der Waals surface area contributed by atoms with Gasteiger partial charge in [-0.2, -0.15) is 0 Å². The SMILES string of the molecule is Cc1cncc(C(=O)Nc2cccc(C(C)N[C-]=CN=C3C=[N+](C)[CH-]3)c2F)c1.[K+]. The summed E-state index contributed by atoms with van der Waals surface area (Å²) in [6.07, 6.45) is 9.31. The van der Waals surface area contributed by atoms with E-state index in [1.807, 2.05) is 31.3 Å². The molecule has 1 aromatic heterocycles. The third kappa shape index (κ3) is 6.32. The number of halogens is 1. The Morgan fingerprint density at radius 1 is 1.41 bits per heavy atom. The Kier molecular flexibility index (Phi) is 8.72. The van der Waals surface area contributed by atoms with Crippen LogP contribution in [0, 0.1) is 25.5 Å². The third-order valence-electron chi connectivity index (χ3n) is 4.13. The van der Waals surface area contributed by atoms with Crippen molar-refractivity contribution >= 4 is 23.5 Å². The first-order chi connectivity index (χ1) is 13.4. The zero-order chi connectivity index (χ0) is 20.1. The molecule has 2 heterocycles. The zero-order valence-electron chi connectivity index (χ0n) is 16.9. The van der Waals surface area contributed by atoms with E-state index in [2.05, 4.69) is 26.8 Å². The maximum Gasteiger partial charge on any atom is 1.00 e. The van der Waals surface area contributed by atoms with E-state index in [1.165, 1.54) is 18.5 Å². The number of amides is 1. The van der Waals surface area contributed by atoms with Crippen LogP contribution in [0.1, 0.15) is 34.5 Å². The van der Waals surface area contributed by atoms with Gasteiger partial charge < -0.3 is 26.4 Å². The van der Waals surface area contributed by atoms with Crippen molar-refractivity contribution in [2.75, 3.05) is 12.4 Å². The van der Waals surface area contributed by atoms with E-state index in [0.29, 0.717) is 11.1 Å². The van der Waals surface area contributed by atoms with Gasteiger partial charge in [-0.1, -0.05) is 12.1 Å². The molecule has 3 rings (SSSR count). The molecule has 1 atom stereocenters. The van der Waals surface area contributed by atoms with Gasteiger partial charge in [-0.25, -0.2) is 4.39 Å². The van der Waals surface area contributed by atoms with Gasteiger partial charge in [0.05, 0.1) is 29.7 Å². The van der Waals surface area contributed by atoms with Crippen molar-refractivity contribution in [1.82, 2.24) is 10.3 Å². The minimum absolute atomic E-state index is 0. The predicted octanol–water partition coefficient (Wildman–Crippen LogP) is 0.0399. The zero-order valence-corrected chi connectivity index (χ0v) is 20.0. The second-order valence-electron chi connectivity index (χ2n) is 6.53. The summed E-state index contributed by atoms with van der Waals surface area (Å²) in [5.74, 6) is -0.903. The van der Waals surface area contributed by atoms with Gasteiger partial charge in [0.25, 0.3) is 5.91 Å². The fourth-order valence-corrected chi connectivity index (χ4v) is 2.67. The number of hydrogen-bond acceptors (Lipinski definition) is 4. The molecular weight excluding hydrogens is 396 g/mol. The van der Waals surface area contributed by atoms with Gasteiger partial charge in [0.1, 0.15) is 7.05 Å². The monoisotopic (exact) mass is 417 g/mol. The molecule has 0 fully saturated rings. The summed E-state index contributed by atoms with van der Waals surface area (Å²) < 4.78 is 16.8. The molecule has 2 aromatic rings. The minimum Gasteiger partial charge on any atom is -0.560 e. The molecule has 1 unspecified atom stereocenters. The smallest absolute Gasteiger partial charge is 0.560 e. The van der Waals surface area contributed by atoms with Crippen molar-refractivity contribution in [1.29, 1.82) is 0 Å². The standard InChI is InChI=1S/C21H21FN5O.K/c1-14-9-16(11-23-10-14)21(28)26-19-6-4-5-18(20(19)22)15(2)24-7-8-25-17-12-27(3)13-17;/h4-6,8-13,15,24H,1-3H3,(H,26,28);/q-1;+1. The number of aromatic nitrogens is 1. The van der Waals surface area contributed by atoms with E-state index in [9.17, 15) is 9.18 Å². The van der Waals surface area contributed by atoms with Crippen LogP contribution < -0.4 is 62.0 Å². The molecular formula is C21H21FKN5O. The van der Waals surface area contributed by atoms with E-state index >= 15 is 0 Å². The fraction of sp³-hybridized carbons (Fsp3) is 0.190. The largest absolute Gasteiger partial charge is 1.00 e. The Balaban J connectivity index is 0.00000300. The topological polar surface area (TPSA) is 69.4 Å². The molecule has 0 saturated carbocycles. The summed E-state index contributed by atoms with van der Waals surface area (Å²) in [6.45, 7) is 5.52. The van der Waals surface area contributed by atoms with E-state index in [-0.39, 0.29) is 63.1 Å². The van der Waals surface area contributed by atoms with E-state index in [4.69, 9.17) is 0 Å². The third-order valence-corrected chi connectivity index (χ3v) is 4.13. The molecule has 1 amide bonds. The van der Waals surface area contributed by atoms with Gasteiger partial charge in [0, 0.05) is 24.0 Å². The molecule has 1 aromatic carbocycles.